The zero-order valence-electron chi connectivity index (χ0n) is 27.1. The van der Waals surface area contributed by atoms with Crippen molar-refractivity contribution in [1.29, 1.82) is 0 Å². The molecule has 0 radical (unpaired) electrons. The van der Waals surface area contributed by atoms with Crippen molar-refractivity contribution in [3.05, 3.63) is 0 Å². The van der Waals surface area contributed by atoms with E-state index in [1.165, 1.54) is 167 Å². The maximum absolute atomic E-state index is 6.94. The van der Waals surface area contributed by atoms with E-state index < -0.39 is 0 Å². The van der Waals surface area contributed by atoms with Crippen LogP contribution in [0.2, 0.25) is 0 Å². The van der Waals surface area contributed by atoms with E-state index in [0.29, 0.717) is 24.0 Å². The van der Waals surface area contributed by atoms with E-state index in [0.717, 1.165) is 0 Å². The summed E-state index contributed by atoms with van der Waals surface area (Å²) in [6.07, 6.45) is 37.3. The average Bonchev–Trinajstić information content (AvgIpc) is 2.91. The van der Waals surface area contributed by atoms with E-state index in [1.807, 2.05) is 0 Å². The van der Waals surface area contributed by atoms with Gasteiger partial charge in [-0.1, -0.05) is 196 Å². The molecule has 0 aliphatic heterocycles. The van der Waals surface area contributed by atoms with E-state index >= 15 is 0 Å². The predicted octanol–water partition coefficient (Wildman–Crippen LogP) is 13.2. The van der Waals surface area contributed by atoms with Crippen LogP contribution in [0.5, 0.6) is 0 Å². The van der Waals surface area contributed by atoms with E-state index in [2.05, 4.69) is 41.5 Å². The molecule has 0 aliphatic rings. The molecule has 0 aromatic carbocycles. The van der Waals surface area contributed by atoms with E-state index in [-0.39, 0.29) is 0 Å². The minimum absolute atomic E-state index is 0.468. The highest BCUT2D eigenvalue weighted by Gasteiger charge is 2.24. The van der Waals surface area contributed by atoms with Crippen LogP contribution in [0.3, 0.4) is 0 Å². The summed E-state index contributed by atoms with van der Waals surface area (Å²) >= 11 is 0. The lowest BCUT2D eigenvalue weighted by Crippen LogP contribution is -2.31. The Morgan fingerprint density at radius 2 is 0.595 bits per heavy atom. The van der Waals surface area contributed by atoms with Gasteiger partial charge >= 0.3 is 0 Å². The van der Waals surface area contributed by atoms with Crippen molar-refractivity contribution < 1.29 is 4.74 Å². The summed E-state index contributed by atoms with van der Waals surface area (Å²) in [6, 6.07) is 0. The quantitative estimate of drug-likeness (QED) is 0.0852. The summed E-state index contributed by atoms with van der Waals surface area (Å²) in [4.78, 5) is 0. The first-order valence-corrected chi connectivity index (χ1v) is 17.8. The maximum Gasteiger partial charge on any atom is 0.0604 e. The third kappa shape index (κ3) is 23.6. The fraction of sp³-hybridized carbons (Fsp3) is 1.00. The summed E-state index contributed by atoms with van der Waals surface area (Å²) in [5.41, 5.74) is 0. The van der Waals surface area contributed by atoms with Crippen LogP contribution in [0.4, 0.5) is 0 Å². The van der Waals surface area contributed by atoms with Crippen molar-refractivity contribution in [2.24, 2.45) is 11.8 Å². The molecule has 0 saturated carbocycles. The van der Waals surface area contributed by atoms with Gasteiger partial charge in [-0.3, -0.25) is 0 Å². The van der Waals surface area contributed by atoms with Crippen LogP contribution in [-0.4, -0.2) is 12.2 Å². The number of hydrogen-bond donors (Lipinski definition) is 0. The third-order valence-corrected chi connectivity index (χ3v) is 9.09. The van der Waals surface area contributed by atoms with E-state index in [9.17, 15) is 0 Å². The second kappa shape index (κ2) is 29.0. The highest BCUT2D eigenvalue weighted by Crippen LogP contribution is 2.27. The molecule has 0 bridgehead atoms. The third-order valence-electron chi connectivity index (χ3n) is 9.09. The van der Waals surface area contributed by atoms with Gasteiger partial charge in [-0.05, 0) is 24.7 Å². The minimum atomic E-state index is 0.468. The van der Waals surface area contributed by atoms with Crippen LogP contribution in [-0.2, 0) is 4.74 Å². The van der Waals surface area contributed by atoms with Gasteiger partial charge in [0.15, 0.2) is 0 Å². The van der Waals surface area contributed by atoms with Gasteiger partial charge in [-0.25, -0.2) is 0 Å². The normalized spacial score (nSPS) is 15.1. The molecule has 0 N–H and O–H groups in total. The van der Waals surface area contributed by atoms with Crippen molar-refractivity contribution >= 4 is 0 Å². The van der Waals surface area contributed by atoms with Crippen molar-refractivity contribution in [3.8, 4) is 0 Å². The first-order chi connectivity index (χ1) is 18.1. The number of rotatable bonds is 30. The molecule has 224 valence electrons. The molecule has 0 saturated heterocycles. The molecule has 0 spiro atoms. The largest absolute Gasteiger partial charge is 0.374 e. The lowest BCUT2D eigenvalue weighted by Gasteiger charge is -2.32. The molecule has 4 atom stereocenters. The number of hydrogen-bond acceptors (Lipinski definition) is 1. The molecule has 0 aliphatic carbocycles. The molecule has 4 unspecified atom stereocenters. The molecule has 0 heterocycles. The van der Waals surface area contributed by atoms with Gasteiger partial charge in [-0.15, -0.1) is 0 Å². The lowest BCUT2D eigenvalue weighted by molar-refractivity contribution is -0.0724. The molecular formula is C36H74O. The van der Waals surface area contributed by atoms with Gasteiger partial charge in [0.1, 0.15) is 0 Å². The highest BCUT2D eigenvalue weighted by atomic mass is 16.5. The fourth-order valence-corrected chi connectivity index (χ4v) is 5.74. The summed E-state index contributed by atoms with van der Waals surface area (Å²) in [5, 5.41) is 0. The Kier molecular flexibility index (Phi) is 28.9. The first-order valence-electron chi connectivity index (χ1n) is 17.8. The Morgan fingerprint density at radius 3 is 0.838 bits per heavy atom. The van der Waals surface area contributed by atoms with Gasteiger partial charge in [0.25, 0.3) is 0 Å². The zero-order chi connectivity index (χ0) is 27.4. The second-order valence-electron chi connectivity index (χ2n) is 12.6. The number of ether oxygens (including phenoxy) is 1. The van der Waals surface area contributed by atoms with Gasteiger partial charge < -0.3 is 4.74 Å². The zero-order valence-corrected chi connectivity index (χ0v) is 27.1. The Labute approximate surface area is 237 Å². The van der Waals surface area contributed by atoms with Gasteiger partial charge in [0.2, 0.25) is 0 Å². The highest BCUT2D eigenvalue weighted by molar-refractivity contribution is 4.73. The van der Waals surface area contributed by atoms with Crippen molar-refractivity contribution in [2.45, 2.75) is 221 Å². The molecule has 37 heavy (non-hydrogen) atoms. The van der Waals surface area contributed by atoms with Crippen LogP contribution in [0.25, 0.3) is 0 Å². The van der Waals surface area contributed by atoms with Gasteiger partial charge in [0.05, 0.1) is 12.2 Å². The van der Waals surface area contributed by atoms with E-state index in [4.69, 9.17) is 4.74 Å². The van der Waals surface area contributed by atoms with Crippen LogP contribution < -0.4 is 0 Å². The molecular weight excluding hydrogens is 448 g/mol. The van der Waals surface area contributed by atoms with Crippen molar-refractivity contribution in [1.82, 2.24) is 0 Å². The minimum Gasteiger partial charge on any atom is -0.374 e. The Bertz CT molecular complexity index is 381. The Balaban J connectivity index is 4.12. The monoisotopic (exact) mass is 523 g/mol. The molecule has 1 heteroatoms. The fourth-order valence-electron chi connectivity index (χ4n) is 5.74. The molecule has 0 rings (SSSR count). The maximum atomic E-state index is 6.94. The summed E-state index contributed by atoms with van der Waals surface area (Å²) < 4.78 is 6.94. The van der Waals surface area contributed by atoms with E-state index in [1.54, 1.807) is 0 Å². The van der Waals surface area contributed by atoms with Gasteiger partial charge in [0, 0.05) is 0 Å². The van der Waals surface area contributed by atoms with Crippen molar-refractivity contribution in [2.75, 3.05) is 0 Å². The SMILES string of the molecule is CCCCCCCCCCCCCC(OC(CCCCCCCCCCCCC)C(C)CC)C(C)CC. The van der Waals surface area contributed by atoms with Crippen LogP contribution >= 0.6 is 0 Å². The van der Waals surface area contributed by atoms with Gasteiger partial charge in [-0.2, -0.15) is 0 Å². The molecule has 1 nitrogen and oxygen atoms in total. The smallest absolute Gasteiger partial charge is 0.0604 e. The van der Waals surface area contributed by atoms with Crippen LogP contribution in [0.1, 0.15) is 208 Å². The summed E-state index contributed by atoms with van der Waals surface area (Å²) in [6.45, 7) is 14.2. The Morgan fingerprint density at radius 1 is 0.351 bits per heavy atom. The first kappa shape index (κ1) is 37.0. The molecule has 0 fully saturated rings. The Hall–Kier alpha value is -0.0400. The molecule has 0 aromatic rings. The average molecular weight is 523 g/mol. The van der Waals surface area contributed by atoms with Crippen LogP contribution in [0, 0.1) is 11.8 Å². The van der Waals surface area contributed by atoms with Crippen molar-refractivity contribution in [3.63, 3.8) is 0 Å². The predicted molar refractivity (Wildman–Crippen MR) is 170 cm³/mol. The summed E-state index contributed by atoms with van der Waals surface area (Å²) in [5.74, 6) is 1.37. The molecule has 0 aromatic heterocycles. The molecule has 0 amide bonds. The standard InChI is InChI=1S/C36H74O/c1-7-11-13-15-17-19-21-23-25-27-29-31-35(33(5)9-3)37-36(34(6)10-4)32-30-28-26-24-22-20-18-16-14-12-8-2/h33-36H,7-32H2,1-6H3. The topological polar surface area (TPSA) is 9.23 Å². The number of unbranched alkanes of at least 4 members (excludes halogenated alkanes) is 20. The van der Waals surface area contributed by atoms with Crippen LogP contribution in [0.15, 0.2) is 0 Å². The second-order valence-corrected chi connectivity index (χ2v) is 12.6. The lowest BCUT2D eigenvalue weighted by atomic mass is 9.92. The summed E-state index contributed by atoms with van der Waals surface area (Å²) in [7, 11) is 0.